The highest BCUT2D eigenvalue weighted by molar-refractivity contribution is 6.33. The van der Waals surface area contributed by atoms with Gasteiger partial charge in [-0.25, -0.2) is 0 Å². The Hall–Kier alpha value is -0.240. The van der Waals surface area contributed by atoms with Gasteiger partial charge >= 0.3 is 0 Å². The van der Waals surface area contributed by atoms with E-state index in [9.17, 15) is 0 Å². The van der Waals surface area contributed by atoms with E-state index >= 15 is 0 Å². The van der Waals surface area contributed by atoms with Crippen molar-refractivity contribution in [3.05, 3.63) is 33.8 Å². The minimum Gasteiger partial charge on any atom is -0.317 e. The van der Waals surface area contributed by atoms with Gasteiger partial charge in [0.2, 0.25) is 0 Å². The van der Waals surface area contributed by atoms with Gasteiger partial charge in [0, 0.05) is 16.1 Å². The number of halogens is 2. The average Bonchev–Trinajstić information content (AvgIpc) is 2.23. The van der Waals surface area contributed by atoms with Crippen molar-refractivity contribution in [3.63, 3.8) is 0 Å². The van der Waals surface area contributed by atoms with E-state index < -0.39 is 0 Å². The smallest absolute Gasteiger partial charge is 0.0441 e. The standard InChI is InChI=1S/C13H17Cl2N/c1-3-9-10(7-13(9)16-2)11-6-8(14)4-5-12(11)15/h4-6,9-10,13,16H,3,7H2,1-2H3. The molecule has 0 saturated heterocycles. The van der Waals surface area contributed by atoms with Gasteiger partial charge < -0.3 is 5.32 Å². The summed E-state index contributed by atoms with van der Waals surface area (Å²) >= 11 is 12.3. The second-order valence-electron chi connectivity index (χ2n) is 4.48. The van der Waals surface area contributed by atoms with E-state index in [-0.39, 0.29) is 0 Å². The lowest BCUT2D eigenvalue weighted by Crippen LogP contribution is -2.47. The van der Waals surface area contributed by atoms with Crippen LogP contribution in [-0.4, -0.2) is 13.1 Å². The van der Waals surface area contributed by atoms with Gasteiger partial charge in [-0.2, -0.15) is 0 Å². The Morgan fingerprint density at radius 1 is 1.38 bits per heavy atom. The third-order valence-electron chi connectivity index (χ3n) is 3.74. The molecule has 0 aliphatic heterocycles. The largest absolute Gasteiger partial charge is 0.317 e. The Balaban J connectivity index is 2.22. The van der Waals surface area contributed by atoms with Crippen LogP contribution in [0.15, 0.2) is 18.2 Å². The maximum Gasteiger partial charge on any atom is 0.0441 e. The lowest BCUT2D eigenvalue weighted by Gasteiger charge is -2.45. The average molecular weight is 258 g/mol. The molecule has 16 heavy (non-hydrogen) atoms. The van der Waals surface area contributed by atoms with Gasteiger partial charge in [0.15, 0.2) is 0 Å². The fourth-order valence-electron chi connectivity index (χ4n) is 2.77. The molecular formula is C13H17Cl2N. The Morgan fingerprint density at radius 3 is 2.75 bits per heavy atom. The quantitative estimate of drug-likeness (QED) is 0.860. The summed E-state index contributed by atoms with van der Waals surface area (Å²) < 4.78 is 0. The first kappa shape index (κ1) is 12.2. The van der Waals surface area contributed by atoms with Gasteiger partial charge in [0.25, 0.3) is 0 Å². The van der Waals surface area contributed by atoms with E-state index in [0.29, 0.717) is 17.9 Å². The molecule has 1 nitrogen and oxygen atoms in total. The third-order valence-corrected chi connectivity index (χ3v) is 4.32. The Morgan fingerprint density at radius 2 is 2.12 bits per heavy atom. The van der Waals surface area contributed by atoms with Gasteiger partial charge in [-0.1, -0.05) is 36.5 Å². The molecule has 0 radical (unpaired) electrons. The maximum absolute atomic E-state index is 6.24. The maximum atomic E-state index is 6.24. The summed E-state index contributed by atoms with van der Waals surface area (Å²) in [7, 11) is 2.03. The number of benzene rings is 1. The van der Waals surface area contributed by atoms with Gasteiger partial charge in [-0.3, -0.25) is 0 Å². The minimum atomic E-state index is 0.564. The molecule has 0 spiro atoms. The summed E-state index contributed by atoms with van der Waals surface area (Å²) in [6, 6.07) is 6.40. The molecule has 1 aromatic rings. The van der Waals surface area contributed by atoms with Crippen LogP contribution in [0.4, 0.5) is 0 Å². The Labute approximate surface area is 107 Å². The summed E-state index contributed by atoms with van der Waals surface area (Å²) in [6.45, 7) is 2.24. The lowest BCUT2D eigenvalue weighted by atomic mass is 9.65. The molecule has 2 rings (SSSR count). The zero-order valence-corrected chi connectivity index (χ0v) is 11.1. The first-order valence-electron chi connectivity index (χ1n) is 5.79. The van der Waals surface area contributed by atoms with Crippen LogP contribution < -0.4 is 5.32 Å². The summed E-state index contributed by atoms with van der Waals surface area (Å²) in [6.07, 6.45) is 2.34. The van der Waals surface area contributed by atoms with Gasteiger partial charge in [0.05, 0.1) is 0 Å². The highest BCUT2D eigenvalue weighted by Crippen LogP contribution is 2.47. The predicted molar refractivity (Wildman–Crippen MR) is 70.4 cm³/mol. The molecule has 1 fully saturated rings. The molecule has 0 aromatic heterocycles. The predicted octanol–water partition coefficient (Wildman–Crippen LogP) is 4.09. The van der Waals surface area contributed by atoms with E-state index in [0.717, 1.165) is 16.5 Å². The van der Waals surface area contributed by atoms with Crippen molar-refractivity contribution < 1.29 is 0 Å². The van der Waals surface area contributed by atoms with Crippen molar-refractivity contribution in [2.75, 3.05) is 7.05 Å². The molecule has 3 heteroatoms. The second kappa shape index (κ2) is 4.95. The molecule has 88 valence electrons. The molecule has 1 aromatic carbocycles. The molecule has 1 saturated carbocycles. The van der Waals surface area contributed by atoms with Crippen LogP contribution in [-0.2, 0) is 0 Å². The first-order valence-corrected chi connectivity index (χ1v) is 6.55. The molecule has 1 aliphatic carbocycles. The van der Waals surface area contributed by atoms with Gasteiger partial charge in [-0.15, -0.1) is 0 Å². The van der Waals surface area contributed by atoms with E-state index in [2.05, 4.69) is 12.2 Å². The summed E-state index contributed by atoms with van der Waals surface area (Å²) in [4.78, 5) is 0. The fourth-order valence-corrected chi connectivity index (χ4v) is 3.20. The Bertz CT molecular complexity index is 378. The van der Waals surface area contributed by atoms with Crippen LogP contribution in [0.1, 0.15) is 31.2 Å². The van der Waals surface area contributed by atoms with Crippen molar-refractivity contribution >= 4 is 23.2 Å². The van der Waals surface area contributed by atoms with Crippen LogP contribution in [0, 0.1) is 5.92 Å². The van der Waals surface area contributed by atoms with Gasteiger partial charge in [0.1, 0.15) is 0 Å². The van der Waals surface area contributed by atoms with Crippen molar-refractivity contribution in [1.29, 1.82) is 0 Å². The van der Waals surface area contributed by atoms with Crippen molar-refractivity contribution in [2.24, 2.45) is 5.92 Å². The summed E-state index contributed by atoms with van der Waals surface area (Å²) in [5, 5.41) is 4.99. The molecule has 1 aliphatic rings. The molecule has 1 N–H and O–H groups in total. The van der Waals surface area contributed by atoms with Crippen molar-refractivity contribution in [1.82, 2.24) is 5.32 Å². The SMILES string of the molecule is CCC1C(NC)CC1c1cc(Cl)ccc1Cl. The third kappa shape index (κ3) is 2.09. The molecule has 0 heterocycles. The summed E-state index contributed by atoms with van der Waals surface area (Å²) in [5.74, 6) is 1.25. The first-order chi connectivity index (χ1) is 7.67. The summed E-state index contributed by atoms with van der Waals surface area (Å²) in [5.41, 5.74) is 1.22. The fraction of sp³-hybridized carbons (Fsp3) is 0.538. The van der Waals surface area contributed by atoms with E-state index in [4.69, 9.17) is 23.2 Å². The molecule has 0 bridgehead atoms. The van der Waals surface area contributed by atoms with Crippen LogP contribution >= 0.6 is 23.2 Å². The lowest BCUT2D eigenvalue weighted by molar-refractivity contribution is 0.169. The van der Waals surface area contributed by atoms with Crippen molar-refractivity contribution in [3.8, 4) is 0 Å². The van der Waals surface area contributed by atoms with E-state index in [1.807, 2.05) is 25.2 Å². The van der Waals surface area contributed by atoms with Crippen LogP contribution in [0.3, 0.4) is 0 Å². The van der Waals surface area contributed by atoms with Gasteiger partial charge in [-0.05, 0) is 49.1 Å². The normalized spacial score (nSPS) is 28.9. The number of rotatable bonds is 3. The molecule has 0 amide bonds. The van der Waals surface area contributed by atoms with Crippen LogP contribution in [0.25, 0.3) is 0 Å². The highest BCUT2D eigenvalue weighted by Gasteiger charge is 2.40. The number of hydrogen-bond acceptors (Lipinski definition) is 1. The molecule has 3 atom stereocenters. The van der Waals surface area contributed by atoms with Crippen LogP contribution in [0.2, 0.25) is 10.0 Å². The van der Waals surface area contributed by atoms with E-state index in [1.165, 1.54) is 12.0 Å². The minimum absolute atomic E-state index is 0.564. The van der Waals surface area contributed by atoms with Crippen molar-refractivity contribution in [2.45, 2.75) is 31.7 Å². The highest BCUT2D eigenvalue weighted by atomic mass is 35.5. The van der Waals surface area contributed by atoms with Crippen LogP contribution in [0.5, 0.6) is 0 Å². The van der Waals surface area contributed by atoms with E-state index in [1.54, 1.807) is 0 Å². The second-order valence-corrected chi connectivity index (χ2v) is 5.32. The zero-order chi connectivity index (χ0) is 11.7. The molecule has 3 unspecified atom stereocenters. The number of hydrogen-bond donors (Lipinski definition) is 1. The molecular weight excluding hydrogens is 241 g/mol. The monoisotopic (exact) mass is 257 g/mol. The zero-order valence-electron chi connectivity index (χ0n) is 9.63. The number of nitrogens with one attached hydrogen (secondary N) is 1. The topological polar surface area (TPSA) is 12.0 Å². The Kier molecular flexibility index (Phi) is 3.78.